The van der Waals surface area contributed by atoms with Crippen LogP contribution >= 0.6 is 11.3 Å². The summed E-state index contributed by atoms with van der Waals surface area (Å²) in [7, 11) is 0. The first-order valence-electron chi connectivity index (χ1n) is 12.5. The smallest absolute Gasteiger partial charge is 0.128 e. The van der Waals surface area contributed by atoms with E-state index in [1.54, 1.807) is 17.4 Å². The average Bonchev–Trinajstić information content (AvgIpc) is 3.46. The van der Waals surface area contributed by atoms with Crippen LogP contribution in [0.15, 0.2) is 109 Å². The van der Waals surface area contributed by atoms with Gasteiger partial charge in [0, 0.05) is 5.41 Å². The largest absolute Gasteiger partial charge is 0.507 e. The Morgan fingerprint density at radius 1 is 0.595 bits per heavy atom. The molecule has 7 rings (SSSR count). The molecule has 0 bridgehead atoms. The van der Waals surface area contributed by atoms with Gasteiger partial charge in [0.2, 0.25) is 0 Å². The number of benzene rings is 5. The molecule has 0 fully saturated rings. The standard InChI is InChI=1S/C34H25NOS/c1-34(2)28-8-4-3-7-25(28)26-17-15-24(20-29(26)34)22-13-11-21(12-14-22)23-16-18-31(36)27(19-23)33-35-30-9-5-6-10-32(30)37-33/h3-20,36H,1-2H3. The minimum absolute atomic E-state index is 0.00898. The molecule has 0 saturated heterocycles. The first-order valence-corrected chi connectivity index (χ1v) is 13.3. The van der Waals surface area contributed by atoms with Crippen molar-refractivity contribution in [1.82, 2.24) is 4.98 Å². The van der Waals surface area contributed by atoms with Crippen molar-refractivity contribution in [3.05, 3.63) is 120 Å². The highest BCUT2D eigenvalue weighted by molar-refractivity contribution is 7.21. The molecule has 0 unspecified atom stereocenters. The Kier molecular flexibility index (Phi) is 4.85. The van der Waals surface area contributed by atoms with Crippen molar-refractivity contribution in [3.63, 3.8) is 0 Å². The number of hydrogen-bond acceptors (Lipinski definition) is 3. The van der Waals surface area contributed by atoms with Crippen LogP contribution in [0.1, 0.15) is 25.0 Å². The molecule has 1 heterocycles. The number of nitrogens with zero attached hydrogens (tertiary/aromatic N) is 1. The molecule has 37 heavy (non-hydrogen) atoms. The van der Waals surface area contributed by atoms with E-state index >= 15 is 0 Å². The topological polar surface area (TPSA) is 33.1 Å². The summed E-state index contributed by atoms with van der Waals surface area (Å²) in [4.78, 5) is 4.75. The summed E-state index contributed by atoms with van der Waals surface area (Å²) in [6, 6.07) is 38.2. The second-order valence-electron chi connectivity index (χ2n) is 10.2. The van der Waals surface area contributed by atoms with E-state index in [1.807, 2.05) is 30.3 Å². The molecule has 0 aliphatic heterocycles. The molecule has 1 aromatic heterocycles. The fourth-order valence-corrected chi connectivity index (χ4v) is 6.60. The zero-order chi connectivity index (χ0) is 25.1. The van der Waals surface area contributed by atoms with E-state index in [1.165, 1.54) is 33.4 Å². The third-order valence-corrected chi connectivity index (χ3v) is 8.73. The van der Waals surface area contributed by atoms with Gasteiger partial charge in [-0.05, 0) is 74.8 Å². The van der Waals surface area contributed by atoms with Gasteiger partial charge >= 0.3 is 0 Å². The third-order valence-electron chi connectivity index (χ3n) is 7.66. The molecule has 6 aromatic rings. The van der Waals surface area contributed by atoms with Crippen LogP contribution in [0.25, 0.3) is 54.2 Å². The van der Waals surface area contributed by atoms with Crippen LogP contribution in [-0.4, -0.2) is 10.1 Å². The zero-order valence-electron chi connectivity index (χ0n) is 20.7. The van der Waals surface area contributed by atoms with Gasteiger partial charge in [-0.1, -0.05) is 92.7 Å². The first-order chi connectivity index (χ1) is 18.0. The van der Waals surface area contributed by atoms with Gasteiger partial charge in [0.15, 0.2) is 0 Å². The maximum atomic E-state index is 10.6. The second-order valence-corrected chi connectivity index (χ2v) is 11.3. The van der Waals surface area contributed by atoms with Crippen molar-refractivity contribution in [2.45, 2.75) is 19.3 Å². The van der Waals surface area contributed by atoms with Crippen molar-refractivity contribution in [1.29, 1.82) is 0 Å². The summed E-state index contributed by atoms with van der Waals surface area (Å²) in [5, 5.41) is 11.4. The lowest BCUT2D eigenvalue weighted by Gasteiger charge is -2.22. The van der Waals surface area contributed by atoms with Gasteiger partial charge in [-0.15, -0.1) is 11.3 Å². The van der Waals surface area contributed by atoms with Crippen molar-refractivity contribution in [2.24, 2.45) is 0 Å². The van der Waals surface area contributed by atoms with Crippen molar-refractivity contribution >= 4 is 21.6 Å². The van der Waals surface area contributed by atoms with E-state index < -0.39 is 0 Å². The summed E-state index contributed by atoms with van der Waals surface area (Å²) < 4.78 is 1.12. The van der Waals surface area contributed by atoms with Gasteiger partial charge in [0.25, 0.3) is 0 Å². The maximum absolute atomic E-state index is 10.6. The number of thiazole rings is 1. The van der Waals surface area contributed by atoms with Crippen LogP contribution in [0.2, 0.25) is 0 Å². The molecule has 1 aliphatic rings. The third kappa shape index (κ3) is 3.50. The molecular formula is C34H25NOS. The fourth-order valence-electron chi connectivity index (χ4n) is 5.61. The van der Waals surface area contributed by atoms with E-state index in [9.17, 15) is 5.11 Å². The molecule has 0 radical (unpaired) electrons. The normalized spacial score (nSPS) is 13.5. The number of fused-ring (bicyclic) bond motifs is 4. The fraction of sp³-hybridized carbons (Fsp3) is 0.0882. The van der Waals surface area contributed by atoms with Gasteiger partial charge in [-0.2, -0.15) is 0 Å². The Morgan fingerprint density at radius 3 is 2.00 bits per heavy atom. The summed E-state index contributed by atoms with van der Waals surface area (Å²) >= 11 is 1.60. The minimum atomic E-state index is -0.00898. The predicted octanol–water partition coefficient (Wildman–Crippen LogP) is 9.31. The van der Waals surface area contributed by atoms with Crippen LogP contribution in [0, 0.1) is 0 Å². The molecule has 0 atom stereocenters. The van der Waals surface area contributed by atoms with Crippen LogP contribution in [0.3, 0.4) is 0 Å². The number of rotatable bonds is 3. The number of phenols is 1. The summed E-state index contributed by atoms with van der Waals surface area (Å²) in [6.07, 6.45) is 0. The number of hydrogen-bond donors (Lipinski definition) is 1. The monoisotopic (exact) mass is 495 g/mol. The Hall–Kier alpha value is -4.21. The van der Waals surface area contributed by atoms with E-state index in [2.05, 4.69) is 86.6 Å². The Morgan fingerprint density at radius 2 is 1.22 bits per heavy atom. The van der Waals surface area contributed by atoms with Crippen LogP contribution in [0.4, 0.5) is 0 Å². The Labute approximate surface area is 220 Å². The molecule has 0 spiro atoms. The minimum Gasteiger partial charge on any atom is -0.507 e. The molecule has 3 heteroatoms. The van der Waals surface area contributed by atoms with Crippen molar-refractivity contribution in [2.75, 3.05) is 0 Å². The summed E-state index contributed by atoms with van der Waals surface area (Å²) in [5.41, 5.74) is 11.8. The van der Waals surface area contributed by atoms with E-state index in [0.717, 1.165) is 31.9 Å². The van der Waals surface area contributed by atoms with Gasteiger partial charge in [0.05, 0.1) is 15.8 Å². The molecule has 5 aromatic carbocycles. The molecule has 0 saturated carbocycles. The Balaban J connectivity index is 1.23. The number of para-hydroxylation sites is 1. The quantitative estimate of drug-likeness (QED) is 0.265. The molecule has 0 amide bonds. The highest BCUT2D eigenvalue weighted by Crippen LogP contribution is 2.49. The molecule has 178 valence electrons. The van der Waals surface area contributed by atoms with Crippen molar-refractivity contribution in [3.8, 4) is 49.7 Å². The van der Waals surface area contributed by atoms with Crippen LogP contribution < -0.4 is 0 Å². The van der Waals surface area contributed by atoms with Gasteiger partial charge in [0.1, 0.15) is 10.8 Å². The van der Waals surface area contributed by atoms with Gasteiger partial charge in [-0.3, -0.25) is 0 Å². The van der Waals surface area contributed by atoms with E-state index in [-0.39, 0.29) is 11.2 Å². The molecule has 1 N–H and O–H groups in total. The summed E-state index contributed by atoms with van der Waals surface area (Å²) in [6.45, 7) is 4.64. The highest BCUT2D eigenvalue weighted by Gasteiger charge is 2.35. The second kappa shape index (κ2) is 8.16. The number of aromatic nitrogens is 1. The van der Waals surface area contributed by atoms with Crippen LogP contribution in [0.5, 0.6) is 5.75 Å². The number of aromatic hydroxyl groups is 1. The predicted molar refractivity (Wildman–Crippen MR) is 155 cm³/mol. The van der Waals surface area contributed by atoms with Crippen molar-refractivity contribution < 1.29 is 5.11 Å². The molecule has 1 aliphatic carbocycles. The first kappa shape index (κ1) is 22.0. The molecule has 2 nitrogen and oxygen atoms in total. The highest BCUT2D eigenvalue weighted by atomic mass is 32.1. The van der Waals surface area contributed by atoms with Crippen LogP contribution in [-0.2, 0) is 5.41 Å². The summed E-state index contributed by atoms with van der Waals surface area (Å²) in [5.74, 6) is 0.251. The van der Waals surface area contributed by atoms with Gasteiger partial charge < -0.3 is 5.11 Å². The Bertz CT molecular complexity index is 1780. The van der Waals surface area contributed by atoms with Gasteiger partial charge in [-0.25, -0.2) is 4.98 Å². The maximum Gasteiger partial charge on any atom is 0.128 e. The lowest BCUT2D eigenvalue weighted by molar-refractivity contribution is 0.477. The SMILES string of the molecule is CC1(C)c2ccccc2-c2ccc(-c3ccc(-c4ccc(O)c(-c5nc6ccccc6s5)c4)cc3)cc21. The van der Waals surface area contributed by atoms with E-state index in [4.69, 9.17) is 4.98 Å². The molecular weight excluding hydrogens is 470 g/mol. The lowest BCUT2D eigenvalue weighted by atomic mass is 9.81. The van der Waals surface area contributed by atoms with E-state index in [0.29, 0.717) is 0 Å². The zero-order valence-corrected chi connectivity index (χ0v) is 21.5. The number of phenolic OH excluding ortho intramolecular Hbond substituents is 1. The lowest BCUT2D eigenvalue weighted by Crippen LogP contribution is -2.14. The average molecular weight is 496 g/mol.